The summed E-state index contributed by atoms with van der Waals surface area (Å²) in [6.45, 7) is 0. The third-order valence-corrected chi connectivity index (χ3v) is 4.31. The van der Waals surface area contributed by atoms with Crippen molar-refractivity contribution in [3.63, 3.8) is 0 Å². The molecule has 26 heavy (non-hydrogen) atoms. The van der Waals surface area contributed by atoms with E-state index in [2.05, 4.69) is 4.74 Å². The Labute approximate surface area is 171 Å². The Bertz CT molecular complexity index is 882. The maximum atomic E-state index is 12.5. The second-order valence-corrected chi connectivity index (χ2v) is 7.10. The van der Waals surface area contributed by atoms with Crippen LogP contribution < -0.4 is 9.47 Å². The zero-order chi connectivity index (χ0) is 19.6. The molecule has 0 saturated heterocycles. The van der Waals surface area contributed by atoms with E-state index in [1.54, 1.807) is 28.7 Å². The van der Waals surface area contributed by atoms with Gasteiger partial charge in [0.05, 0.1) is 9.13 Å². The van der Waals surface area contributed by atoms with Gasteiger partial charge in [-0.25, -0.2) is 9.59 Å². The average Bonchev–Trinajstić information content (AvgIpc) is 2.50. The van der Waals surface area contributed by atoms with Crippen molar-refractivity contribution in [3.8, 4) is 17.2 Å². The summed E-state index contributed by atoms with van der Waals surface area (Å²) in [5, 5.41) is 18.9. The molecule has 0 bridgehead atoms. The number of hydrogen-bond acceptors (Lipinski definition) is 5. The maximum absolute atomic E-state index is 12.5. The number of esters is 1. The summed E-state index contributed by atoms with van der Waals surface area (Å²) in [7, 11) is 0. The minimum atomic E-state index is -5.08. The summed E-state index contributed by atoms with van der Waals surface area (Å²) in [6.07, 6.45) is -5.08. The normalized spacial score (nSPS) is 11.1. The fourth-order valence-electron chi connectivity index (χ4n) is 1.81. The molecule has 138 valence electrons. The first-order valence-corrected chi connectivity index (χ1v) is 8.67. The van der Waals surface area contributed by atoms with E-state index >= 15 is 0 Å². The minimum Gasteiger partial charge on any atom is -0.506 e. The molecule has 0 fully saturated rings. The Balaban J connectivity index is 2.45. The van der Waals surface area contributed by atoms with Crippen LogP contribution in [0.5, 0.6) is 17.2 Å². The van der Waals surface area contributed by atoms with E-state index in [1.165, 1.54) is 6.07 Å². The van der Waals surface area contributed by atoms with E-state index in [4.69, 9.17) is 9.84 Å². The van der Waals surface area contributed by atoms with Crippen LogP contribution in [0.1, 0.15) is 20.7 Å². The van der Waals surface area contributed by atoms with Crippen LogP contribution in [0, 0.1) is 7.14 Å². The smallest absolute Gasteiger partial charge is 0.506 e. The van der Waals surface area contributed by atoms with E-state index < -0.39 is 41.1 Å². The number of carbonyl (C=O) groups excluding carboxylic acids is 1. The molecule has 2 aromatic rings. The van der Waals surface area contributed by atoms with E-state index in [0.717, 1.165) is 18.2 Å². The lowest BCUT2D eigenvalue weighted by molar-refractivity contribution is -0.275. The summed E-state index contributed by atoms with van der Waals surface area (Å²) < 4.78 is 47.0. The van der Waals surface area contributed by atoms with E-state index in [-0.39, 0.29) is 5.56 Å². The maximum Gasteiger partial charge on any atom is 0.573 e. The average molecular weight is 594 g/mol. The number of aromatic hydroxyl groups is 1. The van der Waals surface area contributed by atoms with Gasteiger partial charge in [-0.15, -0.1) is 13.2 Å². The van der Waals surface area contributed by atoms with E-state index in [0.29, 0.717) is 7.14 Å². The molecule has 0 spiro atoms. The van der Waals surface area contributed by atoms with Gasteiger partial charge < -0.3 is 19.7 Å². The number of phenols is 1. The summed E-state index contributed by atoms with van der Waals surface area (Å²) in [5.74, 6) is -4.67. The Kier molecular flexibility index (Phi) is 6.21. The molecular formula is C15H7F3I2O6. The van der Waals surface area contributed by atoms with Crippen molar-refractivity contribution in [1.82, 2.24) is 0 Å². The fraction of sp³-hybridized carbons (Fsp3) is 0.0667. The van der Waals surface area contributed by atoms with Crippen LogP contribution in [0.15, 0.2) is 30.3 Å². The lowest BCUT2D eigenvalue weighted by Gasteiger charge is -2.14. The van der Waals surface area contributed by atoms with Crippen molar-refractivity contribution in [1.29, 1.82) is 0 Å². The highest BCUT2D eigenvalue weighted by Crippen LogP contribution is 2.35. The molecule has 0 radical (unpaired) electrons. The molecule has 2 rings (SSSR count). The molecule has 11 heteroatoms. The molecule has 6 nitrogen and oxygen atoms in total. The second-order valence-electron chi connectivity index (χ2n) is 4.69. The van der Waals surface area contributed by atoms with Crippen LogP contribution in [0.4, 0.5) is 13.2 Å². The number of rotatable bonds is 4. The van der Waals surface area contributed by atoms with E-state index in [9.17, 15) is 27.9 Å². The fourth-order valence-corrected chi connectivity index (χ4v) is 3.65. The predicted molar refractivity (Wildman–Crippen MR) is 98.6 cm³/mol. The molecule has 0 aliphatic carbocycles. The van der Waals surface area contributed by atoms with Crippen LogP contribution in [0.3, 0.4) is 0 Å². The zero-order valence-corrected chi connectivity index (χ0v) is 16.6. The SMILES string of the molecule is O=C(O)c1ccc(OC(F)(F)F)c(OC(=O)c2cc(I)cc(I)c2O)c1. The number of phenolic OH excluding ortho intramolecular Hbond substituents is 1. The summed E-state index contributed by atoms with van der Waals surface area (Å²) >= 11 is 3.64. The molecule has 2 N–H and O–H groups in total. The molecule has 0 atom stereocenters. The highest BCUT2D eigenvalue weighted by Gasteiger charge is 2.33. The highest BCUT2D eigenvalue weighted by atomic mass is 127. The second kappa shape index (κ2) is 7.85. The number of alkyl halides is 3. The monoisotopic (exact) mass is 594 g/mol. The van der Waals surface area contributed by atoms with Crippen molar-refractivity contribution in [3.05, 3.63) is 48.6 Å². The molecule has 0 amide bonds. The molecule has 0 unspecified atom stereocenters. The van der Waals surface area contributed by atoms with Crippen molar-refractivity contribution in [2.45, 2.75) is 6.36 Å². The summed E-state index contributed by atoms with van der Waals surface area (Å²) in [4.78, 5) is 23.3. The van der Waals surface area contributed by atoms with Crippen LogP contribution in [-0.4, -0.2) is 28.5 Å². The van der Waals surface area contributed by atoms with Crippen LogP contribution >= 0.6 is 45.2 Å². The van der Waals surface area contributed by atoms with Gasteiger partial charge in [-0.05, 0) is 75.5 Å². The van der Waals surface area contributed by atoms with Crippen molar-refractivity contribution in [2.24, 2.45) is 0 Å². The number of halogens is 5. The lowest BCUT2D eigenvalue weighted by Crippen LogP contribution is -2.19. The Morgan fingerprint density at radius 2 is 1.69 bits per heavy atom. The number of carboxylic acids is 1. The summed E-state index contributed by atoms with van der Waals surface area (Å²) in [5.41, 5.74) is -0.705. The first kappa shape index (κ1) is 20.5. The van der Waals surface area contributed by atoms with Crippen LogP contribution in [-0.2, 0) is 0 Å². The van der Waals surface area contributed by atoms with Crippen molar-refractivity contribution >= 4 is 57.1 Å². The van der Waals surface area contributed by atoms with Gasteiger partial charge in [-0.1, -0.05) is 0 Å². The molecule has 0 saturated carbocycles. The molecular weight excluding hydrogens is 587 g/mol. The number of benzene rings is 2. The quantitative estimate of drug-likeness (QED) is 0.310. The topological polar surface area (TPSA) is 93.1 Å². The molecule has 2 aromatic carbocycles. The van der Waals surface area contributed by atoms with E-state index in [1.807, 2.05) is 22.6 Å². The van der Waals surface area contributed by atoms with Gasteiger partial charge in [0.25, 0.3) is 0 Å². The first-order valence-electron chi connectivity index (χ1n) is 6.51. The number of hydrogen-bond donors (Lipinski definition) is 2. The predicted octanol–water partition coefficient (Wildman–Crippen LogP) is 4.42. The van der Waals surface area contributed by atoms with Gasteiger partial charge in [0.1, 0.15) is 11.3 Å². The Morgan fingerprint density at radius 3 is 2.27 bits per heavy atom. The molecule has 0 aromatic heterocycles. The Morgan fingerprint density at radius 1 is 1.04 bits per heavy atom. The van der Waals surface area contributed by atoms with Gasteiger partial charge in [0.2, 0.25) is 0 Å². The van der Waals surface area contributed by atoms with Gasteiger partial charge in [-0.3, -0.25) is 0 Å². The Hall–Kier alpha value is -1.77. The lowest BCUT2D eigenvalue weighted by atomic mass is 10.2. The molecule has 0 aliphatic rings. The first-order chi connectivity index (χ1) is 12.0. The van der Waals surface area contributed by atoms with Crippen molar-refractivity contribution < 1.29 is 42.4 Å². The number of ether oxygens (including phenoxy) is 2. The van der Waals surface area contributed by atoms with Crippen LogP contribution in [0.25, 0.3) is 0 Å². The number of aromatic carboxylic acids is 1. The molecule has 0 aliphatic heterocycles. The van der Waals surface area contributed by atoms with Crippen molar-refractivity contribution in [2.75, 3.05) is 0 Å². The number of carboxylic acid groups (broad SMARTS) is 1. The van der Waals surface area contributed by atoms with Gasteiger partial charge in [-0.2, -0.15) is 0 Å². The zero-order valence-electron chi connectivity index (χ0n) is 12.3. The minimum absolute atomic E-state index is 0.292. The van der Waals surface area contributed by atoms with Gasteiger partial charge in [0.15, 0.2) is 11.5 Å². The molecule has 0 heterocycles. The standard InChI is InChI=1S/C15H7F3I2O6/c16-15(17,18)26-10-2-1-6(13(22)23)3-11(10)25-14(24)8-4-7(19)5-9(20)12(8)21/h1-5,21H,(H,22,23). The third-order valence-electron chi connectivity index (χ3n) is 2.87. The highest BCUT2D eigenvalue weighted by molar-refractivity contribution is 14.1. The summed E-state index contributed by atoms with van der Waals surface area (Å²) in [6, 6.07) is 5.14. The van der Waals surface area contributed by atoms with Gasteiger partial charge in [0, 0.05) is 3.57 Å². The van der Waals surface area contributed by atoms with Gasteiger partial charge >= 0.3 is 18.3 Å². The largest absolute Gasteiger partial charge is 0.573 e. The number of carbonyl (C=O) groups is 2. The third kappa shape index (κ3) is 5.12. The van der Waals surface area contributed by atoms with Crippen LogP contribution in [0.2, 0.25) is 0 Å².